The summed E-state index contributed by atoms with van der Waals surface area (Å²) >= 11 is 0. The summed E-state index contributed by atoms with van der Waals surface area (Å²) < 4.78 is 157. The fourth-order valence-electron chi connectivity index (χ4n) is 5.16. The predicted octanol–water partition coefficient (Wildman–Crippen LogP) is 4.45. The van der Waals surface area contributed by atoms with Gasteiger partial charge in [0.25, 0.3) is 0 Å². The summed E-state index contributed by atoms with van der Waals surface area (Å²) in [5, 5.41) is 0. The Kier molecular flexibility index (Phi) is 7.30. The Balaban J connectivity index is 1.80. The second-order valence-electron chi connectivity index (χ2n) is 9.79. The molecular formula is C24H21F8NO5S2. The Morgan fingerprint density at radius 1 is 0.900 bits per heavy atom. The summed E-state index contributed by atoms with van der Waals surface area (Å²) in [6.45, 7) is -0.865. The molecule has 0 bridgehead atoms. The van der Waals surface area contributed by atoms with Gasteiger partial charge in [0.05, 0.1) is 22.3 Å². The van der Waals surface area contributed by atoms with E-state index in [1.807, 2.05) is 0 Å². The number of alkyl halides is 7. The maximum atomic E-state index is 14.6. The lowest BCUT2D eigenvalue weighted by Gasteiger charge is -2.32. The molecule has 2 atom stereocenters. The first kappa shape index (κ1) is 30.2. The van der Waals surface area contributed by atoms with E-state index < -0.39 is 82.8 Å². The number of nitrogens with zero attached hydrogens (tertiary/aromatic N) is 1. The first-order valence-electron chi connectivity index (χ1n) is 11.7. The van der Waals surface area contributed by atoms with Gasteiger partial charge in [0, 0.05) is 18.7 Å². The van der Waals surface area contributed by atoms with Crippen LogP contribution in [0.15, 0.2) is 53.4 Å². The van der Waals surface area contributed by atoms with E-state index in [2.05, 4.69) is 0 Å². The summed E-state index contributed by atoms with van der Waals surface area (Å²) in [7, 11) is -8.10. The van der Waals surface area contributed by atoms with Crippen LogP contribution in [0.1, 0.15) is 24.0 Å². The number of hydrogen-bond acceptors (Lipinski definition) is 5. The Hall–Kier alpha value is -2.75. The maximum absolute atomic E-state index is 14.6. The Morgan fingerprint density at radius 3 is 1.93 bits per heavy atom. The highest BCUT2D eigenvalue weighted by Crippen LogP contribution is 2.54. The van der Waals surface area contributed by atoms with E-state index in [9.17, 15) is 56.8 Å². The van der Waals surface area contributed by atoms with Crippen molar-refractivity contribution in [2.45, 2.75) is 40.5 Å². The summed E-state index contributed by atoms with van der Waals surface area (Å²) in [5.74, 6) is -3.13. The van der Waals surface area contributed by atoms with Crippen molar-refractivity contribution in [3.63, 3.8) is 0 Å². The molecule has 220 valence electrons. The van der Waals surface area contributed by atoms with E-state index in [4.69, 9.17) is 0 Å². The molecule has 0 aliphatic carbocycles. The summed E-state index contributed by atoms with van der Waals surface area (Å²) in [5.41, 5.74) is -7.90. The molecule has 2 aliphatic rings. The minimum Gasteiger partial charge on any atom is -0.340 e. The van der Waals surface area contributed by atoms with Gasteiger partial charge in [0.15, 0.2) is 19.7 Å². The fraction of sp³-hybridized carbons (Fsp3) is 0.458. The molecule has 0 radical (unpaired) electrons. The number of likely N-dealkylation sites (tertiary alicyclic amines) is 1. The number of carbonyl (C=O) groups is 1. The molecule has 2 heterocycles. The average molecular weight is 620 g/mol. The van der Waals surface area contributed by atoms with Crippen LogP contribution in [0.4, 0.5) is 35.1 Å². The van der Waals surface area contributed by atoms with Gasteiger partial charge in [-0.3, -0.25) is 4.79 Å². The number of amides is 1. The molecule has 0 aromatic heterocycles. The van der Waals surface area contributed by atoms with Gasteiger partial charge < -0.3 is 4.90 Å². The molecule has 40 heavy (non-hydrogen) atoms. The van der Waals surface area contributed by atoms with Crippen LogP contribution in [-0.2, 0) is 34.9 Å². The van der Waals surface area contributed by atoms with Crippen molar-refractivity contribution in [1.82, 2.24) is 4.90 Å². The number of halogens is 8. The molecule has 2 saturated heterocycles. The van der Waals surface area contributed by atoms with Gasteiger partial charge in [-0.05, 0) is 42.7 Å². The molecule has 1 unspecified atom stereocenters. The van der Waals surface area contributed by atoms with E-state index >= 15 is 0 Å². The summed E-state index contributed by atoms with van der Waals surface area (Å²) in [6, 6.07) is 5.10. The summed E-state index contributed by atoms with van der Waals surface area (Å²) in [4.78, 5) is 13.7. The zero-order valence-corrected chi connectivity index (χ0v) is 21.9. The van der Waals surface area contributed by atoms with Crippen molar-refractivity contribution in [2.24, 2.45) is 5.92 Å². The average Bonchev–Trinajstić information content (AvgIpc) is 3.47. The Bertz CT molecular complexity index is 1490. The molecule has 2 aromatic carbocycles. The lowest BCUT2D eigenvalue weighted by molar-refractivity contribution is -0.348. The molecule has 0 N–H and O–H groups in total. The molecule has 2 aromatic rings. The topological polar surface area (TPSA) is 88.6 Å². The molecule has 2 fully saturated rings. The minimum absolute atomic E-state index is 0.00244. The van der Waals surface area contributed by atoms with Crippen LogP contribution in [0.3, 0.4) is 0 Å². The molecule has 2 aliphatic heterocycles. The normalized spacial score (nSPS) is 23.9. The summed E-state index contributed by atoms with van der Waals surface area (Å²) in [6.07, 6.45) is -13.2. The highest BCUT2D eigenvalue weighted by atomic mass is 32.2. The number of hydrogen-bond donors (Lipinski definition) is 0. The third kappa shape index (κ3) is 4.86. The van der Waals surface area contributed by atoms with E-state index in [1.165, 1.54) is 0 Å². The number of benzene rings is 2. The quantitative estimate of drug-likeness (QED) is 0.365. The maximum Gasteiger partial charge on any atom is 0.435 e. The van der Waals surface area contributed by atoms with E-state index in [0.29, 0.717) is 12.1 Å². The third-order valence-corrected chi connectivity index (χ3v) is 11.6. The monoisotopic (exact) mass is 619 g/mol. The van der Waals surface area contributed by atoms with E-state index in [0.717, 1.165) is 29.2 Å². The first-order chi connectivity index (χ1) is 18.3. The van der Waals surface area contributed by atoms with E-state index in [1.54, 1.807) is 0 Å². The van der Waals surface area contributed by atoms with Crippen molar-refractivity contribution in [3.05, 3.63) is 65.5 Å². The number of rotatable bonds is 5. The third-order valence-electron chi connectivity index (χ3n) is 7.35. The van der Waals surface area contributed by atoms with Gasteiger partial charge in [0.1, 0.15) is 10.6 Å². The SMILES string of the molecule is O=C(C1CCS(=O)(=O)C1)N1CC[C@](c2ccc(C(F)(C(F)(F)F)C(F)(F)F)cc2)(S(=O)(=O)c2ccc(F)cc2)C1. The second-order valence-corrected chi connectivity index (χ2v) is 14.3. The van der Waals surface area contributed by atoms with Gasteiger partial charge >= 0.3 is 18.0 Å². The van der Waals surface area contributed by atoms with Crippen LogP contribution in [-0.4, -0.2) is 64.6 Å². The van der Waals surface area contributed by atoms with Crippen LogP contribution in [0.5, 0.6) is 0 Å². The number of sulfone groups is 2. The zero-order chi connectivity index (χ0) is 29.9. The predicted molar refractivity (Wildman–Crippen MR) is 125 cm³/mol. The lowest BCUT2D eigenvalue weighted by atomic mass is 9.90. The Morgan fingerprint density at radius 2 is 1.45 bits per heavy atom. The second kappa shape index (κ2) is 9.67. The molecule has 0 saturated carbocycles. The lowest BCUT2D eigenvalue weighted by Crippen LogP contribution is -2.50. The fourth-order valence-corrected chi connectivity index (χ4v) is 8.97. The smallest absolute Gasteiger partial charge is 0.340 e. The van der Waals surface area contributed by atoms with Gasteiger partial charge in [-0.2, -0.15) is 26.3 Å². The minimum atomic E-state index is -6.39. The van der Waals surface area contributed by atoms with Gasteiger partial charge in [-0.1, -0.05) is 24.3 Å². The molecule has 0 spiro atoms. The van der Waals surface area contributed by atoms with Crippen LogP contribution in [0, 0.1) is 11.7 Å². The van der Waals surface area contributed by atoms with Crippen molar-refractivity contribution in [3.8, 4) is 0 Å². The first-order valence-corrected chi connectivity index (χ1v) is 15.0. The standard InChI is InChI=1S/C24H21F8NO5S2/c25-18-5-7-19(8-6-18)40(37,38)21(10-11-33(14-21)20(34)15-9-12-39(35,36)13-15)16-1-3-17(4-2-16)22(26,23(27,28)29)24(30,31)32/h1-8,15H,9-14H2/t15?,21-/m0/s1. The van der Waals surface area contributed by atoms with Crippen LogP contribution < -0.4 is 0 Å². The van der Waals surface area contributed by atoms with Gasteiger partial charge in [0.2, 0.25) is 5.91 Å². The van der Waals surface area contributed by atoms with Crippen LogP contribution in [0.2, 0.25) is 0 Å². The van der Waals surface area contributed by atoms with Crippen LogP contribution >= 0.6 is 0 Å². The molecular weight excluding hydrogens is 598 g/mol. The zero-order valence-electron chi connectivity index (χ0n) is 20.3. The molecule has 4 rings (SSSR count). The van der Waals surface area contributed by atoms with Gasteiger partial charge in [-0.15, -0.1) is 0 Å². The molecule has 1 amide bonds. The van der Waals surface area contributed by atoms with Crippen LogP contribution in [0.25, 0.3) is 0 Å². The molecule has 16 heteroatoms. The highest BCUT2D eigenvalue weighted by molar-refractivity contribution is 7.92. The van der Waals surface area contributed by atoms with Crippen molar-refractivity contribution in [1.29, 1.82) is 0 Å². The van der Waals surface area contributed by atoms with Crippen molar-refractivity contribution in [2.75, 3.05) is 24.6 Å². The van der Waals surface area contributed by atoms with Crippen molar-refractivity contribution < 1.29 is 56.8 Å². The Labute approximate surface area is 223 Å². The van der Waals surface area contributed by atoms with Crippen molar-refractivity contribution >= 4 is 25.6 Å². The highest BCUT2D eigenvalue weighted by Gasteiger charge is 2.73. The van der Waals surface area contributed by atoms with E-state index in [-0.39, 0.29) is 42.8 Å². The van der Waals surface area contributed by atoms with Gasteiger partial charge in [-0.25, -0.2) is 25.6 Å². The molecule has 6 nitrogen and oxygen atoms in total. The largest absolute Gasteiger partial charge is 0.435 e. The number of carbonyl (C=O) groups excluding carboxylic acids is 1.